The summed E-state index contributed by atoms with van der Waals surface area (Å²) < 4.78 is 45.0. The number of rotatable bonds is 5. The van der Waals surface area contributed by atoms with E-state index in [0.717, 1.165) is 11.0 Å². The van der Waals surface area contributed by atoms with Gasteiger partial charge in [-0.05, 0) is 24.1 Å². The van der Waals surface area contributed by atoms with Crippen LogP contribution in [0.25, 0.3) is 0 Å². The topological polar surface area (TPSA) is 81.1 Å². The number of methoxy groups -OCH3 is 2. The molecule has 0 aliphatic carbocycles. The van der Waals surface area contributed by atoms with Crippen LogP contribution in [0.3, 0.4) is 0 Å². The molecule has 7 nitrogen and oxygen atoms in total. The van der Waals surface area contributed by atoms with Gasteiger partial charge in [-0.1, -0.05) is 11.6 Å². The first kappa shape index (κ1) is 21.1. The van der Waals surface area contributed by atoms with Crippen molar-refractivity contribution < 1.29 is 32.9 Å². The van der Waals surface area contributed by atoms with Gasteiger partial charge in [0.15, 0.2) is 23.1 Å². The Morgan fingerprint density at radius 3 is 2.45 bits per heavy atom. The van der Waals surface area contributed by atoms with Gasteiger partial charge in [0.25, 0.3) is 0 Å². The predicted octanol–water partition coefficient (Wildman–Crippen LogP) is 3.02. The number of benzene rings is 1. The molecule has 0 saturated carbocycles. The maximum Gasteiger partial charge on any atom is 0.318 e. The average molecular weight is 429 g/mol. The molecule has 156 valence electrons. The molecule has 3 rings (SSSR count). The van der Waals surface area contributed by atoms with Crippen LogP contribution >= 0.6 is 11.6 Å². The number of pyridine rings is 1. The van der Waals surface area contributed by atoms with E-state index in [2.05, 4.69) is 4.98 Å². The van der Waals surface area contributed by atoms with E-state index in [-0.39, 0.29) is 29.8 Å². The van der Waals surface area contributed by atoms with Gasteiger partial charge in [-0.3, -0.25) is 4.79 Å². The van der Waals surface area contributed by atoms with Crippen molar-refractivity contribution in [3.05, 3.63) is 46.2 Å². The number of ether oxygens (including phenoxy) is 3. The highest BCUT2D eigenvalue weighted by Crippen LogP contribution is 2.43. The van der Waals surface area contributed by atoms with Gasteiger partial charge >= 0.3 is 5.97 Å². The lowest BCUT2D eigenvalue weighted by atomic mass is 9.89. The van der Waals surface area contributed by atoms with Gasteiger partial charge in [-0.25, -0.2) is 13.8 Å². The third kappa shape index (κ3) is 3.67. The molecule has 10 heteroatoms. The summed E-state index contributed by atoms with van der Waals surface area (Å²) in [6.07, 6.45) is -0.253. The van der Waals surface area contributed by atoms with Crippen molar-refractivity contribution in [1.82, 2.24) is 4.98 Å². The molecule has 1 aliphatic rings. The zero-order chi connectivity index (χ0) is 21.3. The van der Waals surface area contributed by atoms with Crippen molar-refractivity contribution in [2.24, 2.45) is 0 Å². The molecule has 1 aromatic heterocycles. The summed E-state index contributed by atoms with van der Waals surface area (Å²) in [5.41, 5.74) is 0.241. The lowest BCUT2D eigenvalue weighted by Gasteiger charge is -2.39. The van der Waals surface area contributed by atoms with Gasteiger partial charge in [0.1, 0.15) is 23.0 Å². The van der Waals surface area contributed by atoms with Crippen LogP contribution in [0.15, 0.2) is 18.3 Å². The number of anilines is 1. The van der Waals surface area contributed by atoms with Crippen LogP contribution < -0.4 is 14.4 Å². The zero-order valence-electron chi connectivity index (χ0n) is 15.9. The van der Waals surface area contributed by atoms with Crippen LogP contribution in [0.5, 0.6) is 11.5 Å². The largest absolute Gasteiger partial charge is 0.493 e. The molecule has 2 heterocycles. The van der Waals surface area contributed by atoms with Crippen LogP contribution in [-0.2, 0) is 16.1 Å². The number of aliphatic hydroxyl groups is 1. The molecule has 1 N–H and O–H groups in total. The highest BCUT2D eigenvalue weighted by Gasteiger charge is 2.42. The molecule has 0 saturated heterocycles. The van der Waals surface area contributed by atoms with Crippen molar-refractivity contribution in [3.63, 3.8) is 0 Å². The van der Waals surface area contributed by atoms with E-state index in [4.69, 9.17) is 25.8 Å². The highest BCUT2D eigenvalue weighted by atomic mass is 35.5. The molecule has 29 heavy (non-hydrogen) atoms. The number of carbonyl (C=O) groups excluding carboxylic acids is 1. The Labute approximate surface area is 170 Å². The molecule has 2 unspecified atom stereocenters. The summed E-state index contributed by atoms with van der Waals surface area (Å²) >= 11 is 5.94. The van der Waals surface area contributed by atoms with Gasteiger partial charge in [-0.2, -0.15) is 0 Å². The lowest BCUT2D eigenvalue weighted by Crippen LogP contribution is -2.47. The fourth-order valence-corrected chi connectivity index (χ4v) is 3.49. The van der Waals surface area contributed by atoms with Gasteiger partial charge < -0.3 is 24.2 Å². The molecule has 2 aromatic rings. The van der Waals surface area contributed by atoms with Crippen LogP contribution in [-0.4, -0.2) is 43.1 Å². The average Bonchev–Trinajstić information content (AvgIpc) is 2.69. The summed E-state index contributed by atoms with van der Waals surface area (Å²) in [6, 6.07) is 2.49. The number of hydrogen-bond acceptors (Lipinski definition) is 7. The third-order valence-corrected chi connectivity index (χ3v) is 4.87. The van der Waals surface area contributed by atoms with Crippen molar-refractivity contribution >= 4 is 23.3 Å². The van der Waals surface area contributed by atoms with Crippen molar-refractivity contribution in [1.29, 1.82) is 0 Å². The van der Waals surface area contributed by atoms with Gasteiger partial charge in [0.05, 0.1) is 20.8 Å². The van der Waals surface area contributed by atoms with Crippen molar-refractivity contribution in [2.75, 3.05) is 25.7 Å². The Morgan fingerprint density at radius 1 is 1.28 bits per heavy atom. The van der Waals surface area contributed by atoms with Crippen LogP contribution in [0.4, 0.5) is 14.5 Å². The fraction of sp³-hybridized carbons (Fsp3) is 0.368. The molecule has 0 amide bonds. The van der Waals surface area contributed by atoms with Crippen LogP contribution in [0.1, 0.15) is 24.0 Å². The standard InChI is InChI=1S/C19H19ClF2N2O5/c1-4-29-19(26)14-10-5-13(20)23-7-9(10)8-24(18(14)25)17-15(21)11(27-2)6-12(28-3)16(17)22/h5-7,14,18,25H,4,8H2,1-3H3. The van der Waals surface area contributed by atoms with E-state index < -0.39 is 35.4 Å². The molecule has 0 spiro atoms. The highest BCUT2D eigenvalue weighted by molar-refractivity contribution is 6.29. The zero-order valence-corrected chi connectivity index (χ0v) is 16.7. The van der Waals surface area contributed by atoms with E-state index in [1.165, 1.54) is 26.5 Å². The predicted molar refractivity (Wildman–Crippen MR) is 100 cm³/mol. The summed E-state index contributed by atoms with van der Waals surface area (Å²) in [7, 11) is 2.43. The van der Waals surface area contributed by atoms with Crippen molar-refractivity contribution in [3.8, 4) is 11.5 Å². The number of hydrogen-bond donors (Lipinski definition) is 1. The normalized spacial score (nSPS) is 18.2. The van der Waals surface area contributed by atoms with Gasteiger partial charge in [-0.15, -0.1) is 0 Å². The number of carbonyl (C=O) groups is 1. The number of halogens is 3. The molecular formula is C19H19ClF2N2O5. The van der Waals surface area contributed by atoms with Crippen LogP contribution in [0.2, 0.25) is 5.15 Å². The quantitative estimate of drug-likeness (QED) is 0.579. The maximum absolute atomic E-state index is 15.0. The number of fused-ring (bicyclic) bond motifs is 1. The second-order valence-electron chi connectivity index (χ2n) is 6.23. The first-order chi connectivity index (χ1) is 13.8. The molecule has 1 aliphatic heterocycles. The van der Waals surface area contributed by atoms with Crippen LogP contribution in [0, 0.1) is 11.6 Å². The molecule has 0 bridgehead atoms. The summed E-state index contributed by atoms with van der Waals surface area (Å²) in [5.74, 6) is -4.66. The minimum absolute atomic E-state index is 0.0614. The monoisotopic (exact) mass is 428 g/mol. The first-order valence-corrected chi connectivity index (χ1v) is 9.07. The summed E-state index contributed by atoms with van der Waals surface area (Å²) in [4.78, 5) is 17.5. The number of nitrogens with zero attached hydrogens (tertiary/aromatic N) is 2. The van der Waals surface area contributed by atoms with Gasteiger partial charge in [0, 0.05) is 18.8 Å². The van der Waals surface area contributed by atoms with Gasteiger partial charge in [0.2, 0.25) is 0 Å². The third-order valence-electron chi connectivity index (χ3n) is 4.66. The van der Waals surface area contributed by atoms with E-state index >= 15 is 0 Å². The Kier molecular flexibility index (Phi) is 6.09. The minimum Gasteiger partial charge on any atom is -0.493 e. The molecule has 0 fully saturated rings. The molecule has 2 atom stereocenters. The van der Waals surface area contributed by atoms with E-state index in [0.29, 0.717) is 11.1 Å². The fourth-order valence-electron chi connectivity index (χ4n) is 3.33. The van der Waals surface area contributed by atoms with Crippen molar-refractivity contribution in [2.45, 2.75) is 25.6 Å². The Bertz CT molecular complexity index is 915. The minimum atomic E-state index is -1.64. The summed E-state index contributed by atoms with van der Waals surface area (Å²) in [6.45, 7) is 1.53. The SMILES string of the molecule is CCOC(=O)C1c2cc(Cl)ncc2CN(c2c(F)c(OC)cc(OC)c2F)C1O. The van der Waals surface area contributed by atoms with E-state index in [1.807, 2.05) is 0 Å². The molecular weight excluding hydrogens is 410 g/mol. The Balaban J connectivity index is 2.19. The number of esters is 1. The van der Waals surface area contributed by atoms with E-state index in [9.17, 15) is 18.7 Å². The second-order valence-corrected chi connectivity index (χ2v) is 6.62. The second kappa shape index (κ2) is 8.38. The Hall–Kier alpha value is -2.65. The smallest absolute Gasteiger partial charge is 0.318 e. The number of aromatic nitrogens is 1. The first-order valence-electron chi connectivity index (χ1n) is 8.69. The number of aliphatic hydroxyl groups excluding tert-OH is 1. The lowest BCUT2D eigenvalue weighted by molar-refractivity contribution is -0.148. The Morgan fingerprint density at radius 2 is 1.90 bits per heavy atom. The molecule has 0 radical (unpaired) electrons. The maximum atomic E-state index is 15.0. The summed E-state index contributed by atoms with van der Waals surface area (Å²) in [5, 5.41) is 11.0. The van der Waals surface area contributed by atoms with E-state index in [1.54, 1.807) is 6.92 Å². The molecule has 1 aromatic carbocycles.